The summed E-state index contributed by atoms with van der Waals surface area (Å²) in [5.41, 5.74) is -0.0164. The molecule has 250 valence electrons. The summed E-state index contributed by atoms with van der Waals surface area (Å²) in [5, 5.41) is 12.0. The van der Waals surface area contributed by atoms with Crippen LogP contribution in [0.15, 0.2) is 83.8 Å². The molecule has 2 heterocycles. The summed E-state index contributed by atoms with van der Waals surface area (Å²) in [4.78, 5) is 36.7. The zero-order chi connectivity index (χ0) is 33.6. The summed E-state index contributed by atoms with van der Waals surface area (Å²) in [6.45, 7) is 2.09. The molecule has 47 heavy (non-hydrogen) atoms. The molecule has 2 saturated heterocycles. The normalized spacial score (nSPS) is 17.8. The van der Waals surface area contributed by atoms with Crippen molar-refractivity contribution in [1.82, 2.24) is 9.62 Å². The molecule has 2 aliphatic rings. The average Bonchev–Trinajstić information content (AvgIpc) is 3.03. The molecule has 0 bridgehead atoms. The van der Waals surface area contributed by atoms with E-state index in [1.54, 1.807) is 18.2 Å². The number of aliphatic carboxylic acids is 1. The van der Waals surface area contributed by atoms with Crippen LogP contribution >= 0.6 is 0 Å². The predicted molar refractivity (Wildman–Crippen MR) is 164 cm³/mol. The Morgan fingerprint density at radius 3 is 2.38 bits per heavy atom. The minimum absolute atomic E-state index is 0.0531. The molecular formula is C33H35FN2O10S. The first-order valence-electron chi connectivity index (χ1n) is 15.0. The summed E-state index contributed by atoms with van der Waals surface area (Å²) in [6, 6.07) is 18.9. The van der Waals surface area contributed by atoms with Crippen molar-refractivity contribution in [1.29, 1.82) is 0 Å². The lowest BCUT2D eigenvalue weighted by molar-refractivity contribution is -0.173. The van der Waals surface area contributed by atoms with Crippen molar-refractivity contribution in [2.75, 3.05) is 26.3 Å². The number of carbonyl (C=O) groups excluding carboxylic acids is 2. The molecule has 12 nitrogen and oxygen atoms in total. The molecule has 0 saturated carbocycles. The van der Waals surface area contributed by atoms with Crippen molar-refractivity contribution < 1.29 is 51.2 Å². The molecule has 14 heteroatoms. The number of nitrogens with one attached hydrogen (secondary N) is 1. The van der Waals surface area contributed by atoms with E-state index < -0.39 is 51.8 Å². The van der Waals surface area contributed by atoms with E-state index in [1.807, 2.05) is 18.2 Å². The molecule has 0 spiro atoms. The number of rotatable bonds is 12. The topological polar surface area (TPSA) is 158 Å². The summed E-state index contributed by atoms with van der Waals surface area (Å²) in [6.07, 6.45) is -1.67. The third-order valence-electron chi connectivity index (χ3n) is 7.95. The van der Waals surface area contributed by atoms with Gasteiger partial charge in [-0.15, -0.1) is 0 Å². The maximum Gasteiger partial charge on any atom is 0.410 e. The third-order valence-corrected chi connectivity index (χ3v) is 9.74. The highest BCUT2D eigenvalue weighted by atomic mass is 32.2. The monoisotopic (exact) mass is 670 g/mol. The Balaban J connectivity index is 1.23. The lowest BCUT2D eigenvalue weighted by atomic mass is 9.87. The Morgan fingerprint density at radius 2 is 1.70 bits per heavy atom. The number of alkyl carbamates (subject to hydrolysis) is 1. The van der Waals surface area contributed by atoms with Crippen molar-refractivity contribution in [3.63, 3.8) is 0 Å². The minimum Gasteiger partial charge on any atom is -0.480 e. The number of hydrogen-bond donors (Lipinski definition) is 2. The summed E-state index contributed by atoms with van der Waals surface area (Å²) in [5.74, 6) is -2.53. The number of amides is 1. The fourth-order valence-electron chi connectivity index (χ4n) is 5.46. The molecule has 3 aromatic rings. The number of benzene rings is 3. The van der Waals surface area contributed by atoms with E-state index in [4.69, 9.17) is 18.9 Å². The number of carboxylic acids is 1. The molecule has 3 aromatic carbocycles. The van der Waals surface area contributed by atoms with Gasteiger partial charge in [-0.25, -0.2) is 22.4 Å². The van der Waals surface area contributed by atoms with Crippen molar-refractivity contribution in [3.8, 4) is 5.75 Å². The van der Waals surface area contributed by atoms with Gasteiger partial charge in [0.1, 0.15) is 17.6 Å². The number of nitrogens with zero attached hydrogens (tertiary/aromatic N) is 1. The van der Waals surface area contributed by atoms with Gasteiger partial charge in [0, 0.05) is 32.6 Å². The zero-order valence-electron chi connectivity index (χ0n) is 25.5. The van der Waals surface area contributed by atoms with Crippen LogP contribution in [-0.2, 0) is 45.8 Å². The van der Waals surface area contributed by atoms with E-state index in [1.165, 1.54) is 53.7 Å². The van der Waals surface area contributed by atoms with Gasteiger partial charge >= 0.3 is 18.0 Å². The van der Waals surface area contributed by atoms with E-state index in [9.17, 15) is 32.3 Å². The molecule has 1 amide bonds. The maximum absolute atomic E-state index is 13.9. The molecule has 0 aromatic heterocycles. The number of sulfonamides is 1. The van der Waals surface area contributed by atoms with Crippen LogP contribution in [0.25, 0.3) is 0 Å². The largest absolute Gasteiger partial charge is 0.480 e. The molecule has 5 rings (SSSR count). The Morgan fingerprint density at radius 1 is 1.00 bits per heavy atom. The second-order valence-electron chi connectivity index (χ2n) is 11.4. The van der Waals surface area contributed by atoms with Crippen LogP contribution in [0.5, 0.6) is 5.75 Å². The lowest BCUT2D eigenvalue weighted by Gasteiger charge is -2.48. The first kappa shape index (κ1) is 33.8. The fourth-order valence-corrected chi connectivity index (χ4v) is 7.07. The Hall–Kier alpha value is -4.53. The Kier molecular flexibility index (Phi) is 10.4. The number of halogens is 1. The summed E-state index contributed by atoms with van der Waals surface area (Å²) < 4.78 is 64.1. The second-order valence-corrected chi connectivity index (χ2v) is 13.3. The van der Waals surface area contributed by atoms with Crippen LogP contribution in [-0.4, -0.2) is 74.5 Å². The van der Waals surface area contributed by atoms with Gasteiger partial charge in [0.05, 0.1) is 23.9 Å². The van der Waals surface area contributed by atoms with Crippen LogP contribution in [0.1, 0.15) is 30.9 Å². The number of ether oxygens (including phenoxy) is 4. The van der Waals surface area contributed by atoms with Crippen molar-refractivity contribution in [3.05, 3.63) is 95.8 Å². The zero-order valence-corrected chi connectivity index (χ0v) is 26.4. The first-order valence-corrected chi connectivity index (χ1v) is 16.5. The van der Waals surface area contributed by atoms with Gasteiger partial charge in [-0.05, 0) is 48.2 Å². The van der Waals surface area contributed by atoms with Crippen LogP contribution in [0, 0.1) is 11.7 Å². The number of carboxylic acid groups (broad SMARTS) is 1. The second kappa shape index (κ2) is 14.5. The van der Waals surface area contributed by atoms with E-state index in [0.717, 1.165) is 5.56 Å². The summed E-state index contributed by atoms with van der Waals surface area (Å²) >= 11 is 0. The van der Waals surface area contributed by atoms with Gasteiger partial charge in [-0.3, -0.25) is 4.79 Å². The van der Waals surface area contributed by atoms with Gasteiger partial charge in [0.2, 0.25) is 16.3 Å². The van der Waals surface area contributed by atoms with E-state index in [2.05, 4.69) is 5.32 Å². The van der Waals surface area contributed by atoms with E-state index in [0.29, 0.717) is 31.6 Å². The molecule has 2 fully saturated rings. The maximum atomic E-state index is 13.9. The van der Waals surface area contributed by atoms with Crippen molar-refractivity contribution in [2.24, 2.45) is 5.92 Å². The van der Waals surface area contributed by atoms with Gasteiger partial charge < -0.3 is 29.4 Å². The van der Waals surface area contributed by atoms with Gasteiger partial charge in [-0.1, -0.05) is 48.5 Å². The molecule has 0 radical (unpaired) electrons. The molecule has 2 unspecified atom stereocenters. The Labute approximate surface area is 271 Å². The van der Waals surface area contributed by atoms with Crippen LogP contribution in [0.4, 0.5) is 9.18 Å². The standard InChI is InChI=1S/C33H35FN2O10S/c1-22(44-31(39)24-13-15-43-16-14-24)45-32(40)35-29(30(37)38)18-23-7-5-12-28(17-23)47(41,42)36-20-33(21-36,25-8-3-2-4-9-25)46-27-11-6-10-26(34)19-27/h2-12,17,19,22,24,29H,13-16,18,20-21H2,1H3,(H,35,40)(H,37,38). The third kappa shape index (κ3) is 8.25. The van der Waals surface area contributed by atoms with Crippen molar-refractivity contribution in [2.45, 2.75) is 49.0 Å². The fraction of sp³-hybridized carbons (Fsp3) is 0.364. The molecule has 2 aliphatic heterocycles. The average molecular weight is 671 g/mol. The Bertz CT molecular complexity index is 1690. The van der Waals surface area contributed by atoms with Crippen LogP contribution in [0.2, 0.25) is 0 Å². The van der Waals surface area contributed by atoms with E-state index in [-0.39, 0.29) is 36.1 Å². The van der Waals surface area contributed by atoms with Crippen LogP contribution < -0.4 is 10.1 Å². The number of esters is 1. The lowest BCUT2D eigenvalue weighted by Crippen LogP contribution is -2.64. The number of hydrogen-bond acceptors (Lipinski definition) is 9. The number of carbonyl (C=O) groups is 3. The SMILES string of the molecule is CC(OC(=O)NC(Cc1cccc(S(=O)(=O)N2CC(Oc3cccc(F)c3)(c3ccccc3)C2)c1)C(=O)O)OC(=O)C1CCOCC1. The molecule has 0 aliphatic carbocycles. The predicted octanol–water partition coefficient (Wildman–Crippen LogP) is 3.84. The molecule has 2 N–H and O–H groups in total. The van der Waals surface area contributed by atoms with Crippen molar-refractivity contribution >= 4 is 28.1 Å². The van der Waals surface area contributed by atoms with E-state index >= 15 is 0 Å². The molecular weight excluding hydrogens is 635 g/mol. The van der Waals surface area contributed by atoms with Crippen LogP contribution in [0.3, 0.4) is 0 Å². The highest BCUT2D eigenvalue weighted by Gasteiger charge is 2.52. The first-order chi connectivity index (χ1) is 22.4. The van der Waals surface area contributed by atoms with Gasteiger partial charge in [0.25, 0.3) is 0 Å². The quantitative estimate of drug-likeness (QED) is 0.214. The highest BCUT2D eigenvalue weighted by molar-refractivity contribution is 7.89. The smallest absolute Gasteiger partial charge is 0.410 e. The van der Waals surface area contributed by atoms with Gasteiger partial charge in [0.15, 0.2) is 5.60 Å². The molecule has 2 atom stereocenters. The summed E-state index contributed by atoms with van der Waals surface area (Å²) in [7, 11) is -4.06. The van der Waals surface area contributed by atoms with Gasteiger partial charge in [-0.2, -0.15) is 4.31 Å². The minimum atomic E-state index is -4.06. The highest BCUT2D eigenvalue weighted by Crippen LogP contribution is 2.40.